The van der Waals surface area contributed by atoms with Crippen LogP contribution in [0.5, 0.6) is 0 Å². The predicted molar refractivity (Wildman–Crippen MR) is 69.6 cm³/mol. The van der Waals surface area contributed by atoms with E-state index >= 15 is 0 Å². The SMILES string of the molecule is CNCC1CCCN(C2CCC(C)CC2)C1. The first-order chi connectivity index (χ1) is 7.79. The minimum Gasteiger partial charge on any atom is -0.319 e. The zero-order chi connectivity index (χ0) is 11.4. The van der Waals surface area contributed by atoms with Crippen LogP contribution in [-0.2, 0) is 0 Å². The summed E-state index contributed by atoms with van der Waals surface area (Å²) in [5, 5.41) is 3.34. The second-order valence-electron chi connectivity index (χ2n) is 5.97. The topological polar surface area (TPSA) is 15.3 Å². The quantitative estimate of drug-likeness (QED) is 0.792. The average Bonchev–Trinajstić information content (AvgIpc) is 2.31. The molecule has 1 N–H and O–H groups in total. The first-order valence-electron chi connectivity index (χ1n) is 7.18. The largest absolute Gasteiger partial charge is 0.319 e. The van der Waals surface area contributed by atoms with E-state index in [9.17, 15) is 0 Å². The van der Waals surface area contributed by atoms with Crippen LogP contribution in [0.25, 0.3) is 0 Å². The Balaban J connectivity index is 1.80. The summed E-state index contributed by atoms with van der Waals surface area (Å²) in [6, 6.07) is 0.913. The van der Waals surface area contributed by atoms with Gasteiger partial charge in [0.1, 0.15) is 0 Å². The first-order valence-corrected chi connectivity index (χ1v) is 7.18. The van der Waals surface area contributed by atoms with Crippen LogP contribution in [0.4, 0.5) is 0 Å². The van der Waals surface area contributed by atoms with Crippen molar-refractivity contribution in [3.8, 4) is 0 Å². The van der Waals surface area contributed by atoms with Gasteiger partial charge in [-0.25, -0.2) is 0 Å². The molecule has 1 saturated heterocycles. The van der Waals surface area contributed by atoms with E-state index in [1.54, 1.807) is 0 Å². The lowest BCUT2D eigenvalue weighted by atomic mass is 9.85. The lowest BCUT2D eigenvalue weighted by Gasteiger charge is -2.41. The van der Waals surface area contributed by atoms with Gasteiger partial charge in [0.25, 0.3) is 0 Å². The molecule has 2 fully saturated rings. The third-order valence-corrected chi connectivity index (χ3v) is 4.54. The molecular formula is C14H28N2. The fourth-order valence-corrected chi connectivity index (χ4v) is 3.49. The van der Waals surface area contributed by atoms with Crippen LogP contribution < -0.4 is 5.32 Å². The maximum Gasteiger partial charge on any atom is 0.00955 e. The van der Waals surface area contributed by atoms with Crippen molar-refractivity contribution in [1.29, 1.82) is 0 Å². The molecule has 2 heteroatoms. The minimum absolute atomic E-state index is 0.901. The maximum atomic E-state index is 3.34. The molecular weight excluding hydrogens is 196 g/mol. The standard InChI is InChI=1S/C14H28N2/c1-12-5-7-14(8-6-12)16-9-3-4-13(11-16)10-15-2/h12-15H,3-11H2,1-2H3. The lowest BCUT2D eigenvalue weighted by Crippen LogP contribution is -2.45. The fraction of sp³-hybridized carbons (Fsp3) is 1.00. The van der Waals surface area contributed by atoms with Gasteiger partial charge in [-0.2, -0.15) is 0 Å². The second-order valence-corrected chi connectivity index (χ2v) is 5.97. The van der Waals surface area contributed by atoms with Crippen LogP contribution in [0.3, 0.4) is 0 Å². The maximum absolute atomic E-state index is 3.34. The minimum atomic E-state index is 0.901. The molecule has 1 atom stereocenters. The number of rotatable bonds is 3. The highest BCUT2D eigenvalue weighted by molar-refractivity contribution is 4.83. The van der Waals surface area contributed by atoms with E-state index in [0.717, 1.165) is 17.9 Å². The van der Waals surface area contributed by atoms with Crippen LogP contribution in [0, 0.1) is 11.8 Å². The molecule has 0 aromatic rings. The molecule has 2 rings (SSSR count). The molecule has 1 saturated carbocycles. The molecule has 2 nitrogen and oxygen atoms in total. The highest BCUT2D eigenvalue weighted by atomic mass is 15.2. The van der Waals surface area contributed by atoms with Gasteiger partial charge in [-0.15, -0.1) is 0 Å². The van der Waals surface area contributed by atoms with Crippen molar-refractivity contribution in [3.05, 3.63) is 0 Å². The van der Waals surface area contributed by atoms with Crippen LogP contribution in [0.2, 0.25) is 0 Å². The average molecular weight is 224 g/mol. The summed E-state index contributed by atoms with van der Waals surface area (Å²) in [5.41, 5.74) is 0. The molecule has 94 valence electrons. The first kappa shape index (κ1) is 12.4. The predicted octanol–water partition coefficient (Wildman–Crippen LogP) is 2.50. The Bertz CT molecular complexity index is 195. The van der Waals surface area contributed by atoms with Crippen molar-refractivity contribution in [2.75, 3.05) is 26.7 Å². The molecule has 1 unspecified atom stereocenters. The van der Waals surface area contributed by atoms with Crippen molar-refractivity contribution in [2.45, 2.75) is 51.5 Å². The fourth-order valence-electron chi connectivity index (χ4n) is 3.49. The van der Waals surface area contributed by atoms with E-state index in [4.69, 9.17) is 0 Å². The molecule has 0 spiro atoms. The van der Waals surface area contributed by atoms with Gasteiger partial charge in [0, 0.05) is 12.6 Å². The molecule has 1 heterocycles. The summed E-state index contributed by atoms with van der Waals surface area (Å²) >= 11 is 0. The van der Waals surface area contributed by atoms with Crippen molar-refractivity contribution in [2.24, 2.45) is 11.8 Å². The van der Waals surface area contributed by atoms with Crippen LogP contribution in [0.1, 0.15) is 45.4 Å². The van der Waals surface area contributed by atoms with Crippen LogP contribution >= 0.6 is 0 Å². The number of likely N-dealkylation sites (tertiary alicyclic amines) is 1. The molecule has 1 aliphatic carbocycles. The molecule has 0 amide bonds. The van der Waals surface area contributed by atoms with Gasteiger partial charge in [0.15, 0.2) is 0 Å². The van der Waals surface area contributed by atoms with E-state index in [1.807, 2.05) is 0 Å². The van der Waals surface area contributed by atoms with Crippen molar-refractivity contribution < 1.29 is 0 Å². The van der Waals surface area contributed by atoms with Crippen LogP contribution in [-0.4, -0.2) is 37.6 Å². The molecule has 0 radical (unpaired) electrons. The summed E-state index contributed by atoms with van der Waals surface area (Å²) in [6.45, 7) is 6.33. The monoisotopic (exact) mass is 224 g/mol. The molecule has 16 heavy (non-hydrogen) atoms. The van der Waals surface area contributed by atoms with Crippen molar-refractivity contribution in [1.82, 2.24) is 10.2 Å². The molecule has 0 bridgehead atoms. The van der Waals surface area contributed by atoms with Gasteiger partial charge in [0.2, 0.25) is 0 Å². The highest BCUT2D eigenvalue weighted by Crippen LogP contribution is 2.29. The number of nitrogens with zero attached hydrogens (tertiary/aromatic N) is 1. The Labute approximate surface area is 101 Å². The Hall–Kier alpha value is -0.0800. The van der Waals surface area contributed by atoms with Gasteiger partial charge >= 0.3 is 0 Å². The third kappa shape index (κ3) is 3.21. The number of hydrogen-bond acceptors (Lipinski definition) is 2. The van der Waals surface area contributed by atoms with Crippen LogP contribution in [0.15, 0.2) is 0 Å². The van der Waals surface area contributed by atoms with Gasteiger partial charge in [0.05, 0.1) is 0 Å². The summed E-state index contributed by atoms with van der Waals surface area (Å²) in [6.07, 6.45) is 8.66. The van der Waals surface area contributed by atoms with E-state index in [2.05, 4.69) is 24.2 Å². The van der Waals surface area contributed by atoms with Gasteiger partial charge < -0.3 is 10.2 Å². The van der Waals surface area contributed by atoms with Crippen molar-refractivity contribution in [3.63, 3.8) is 0 Å². The molecule has 2 aliphatic rings. The summed E-state index contributed by atoms with van der Waals surface area (Å²) < 4.78 is 0. The Kier molecular flexibility index (Phi) is 4.66. The summed E-state index contributed by atoms with van der Waals surface area (Å²) in [5.74, 6) is 1.88. The lowest BCUT2D eigenvalue weighted by molar-refractivity contribution is 0.0893. The summed E-state index contributed by atoms with van der Waals surface area (Å²) in [7, 11) is 2.08. The van der Waals surface area contributed by atoms with E-state index < -0.39 is 0 Å². The van der Waals surface area contributed by atoms with E-state index in [-0.39, 0.29) is 0 Å². The summed E-state index contributed by atoms with van der Waals surface area (Å²) in [4.78, 5) is 2.79. The molecule has 1 aliphatic heterocycles. The smallest absolute Gasteiger partial charge is 0.00955 e. The normalized spacial score (nSPS) is 37.5. The zero-order valence-corrected chi connectivity index (χ0v) is 11.0. The number of hydrogen-bond donors (Lipinski definition) is 1. The molecule has 0 aromatic carbocycles. The Morgan fingerprint density at radius 1 is 1.12 bits per heavy atom. The number of piperidine rings is 1. The highest BCUT2D eigenvalue weighted by Gasteiger charge is 2.27. The second kappa shape index (κ2) is 6.02. The van der Waals surface area contributed by atoms with Gasteiger partial charge in [-0.1, -0.05) is 6.92 Å². The number of nitrogens with one attached hydrogen (secondary N) is 1. The zero-order valence-electron chi connectivity index (χ0n) is 11.0. The van der Waals surface area contributed by atoms with E-state index in [1.165, 1.54) is 58.2 Å². The Morgan fingerprint density at radius 3 is 2.56 bits per heavy atom. The molecule has 0 aromatic heterocycles. The van der Waals surface area contributed by atoms with Crippen molar-refractivity contribution >= 4 is 0 Å². The van der Waals surface area contributed by atoms with Gasteiger partial charge in [-0.3, -0.25) is 0 Å². The Morgan fingerprint density at radius 2 is 1.88 bits per heavy atom. The van der Waals surface area contributed by atoms with Gasteiger partial charge in [-0.05, 0) is 70.5 Å². The third-order valence-electron chi connectivity index (χ3n) is 4.54. The van der Waals surface area contributed by atoms with E-state index in [0.29, 0.717) is 0 Å².